The van der Waals surface area contributed by atoms with E-state index in [1.54, 1.807) is 0 Å². The Hall–Kier alpha value is 0.270. The van der Waals surface area contributed by atoms with Gasteiger partial charge in [-0.1, -0.05) is 26.7 Å². The smallest absolute Gasteiger partial charge is 0.0335 e. The first kappa shape index (κ1) is 15.7. The Labute approximate surface area is 123 Å². The maximum Gasteiger partial charge on any atom is 0.0335 e. The minimum absolute atomic E-state index is 0.318. The van der Waals surface area contributed by atoms with Crippen molar-refractivity contribution in [2.24, 2.45) is 11.7 Å². The highest BCUT2D eigenvalue weighted by atomic mass is 32.2. The van der Waals surface area contributed by atoms with E-state index >= 15 is 0 Å². The van der Waals surface area contributed by atoms with Crippen LogP contribution in [-0.2, 0) is 0 Å². The molecule has 1 saturated carbocycles. The molecule has 2 N–H and O–H groups in total. The maximum absolute atomic E-state index is 6.25. The first-order chi connectivity index (χ1) is 9.13. The molecule has 2 aliphatic rings. The molecule has 0 amide bonds. The van der Waals surface area contributed by atoms with Gasteiger partial charge in [-0.25, -0.2) is 0 Å². The van der Waals surface area contributed by atoms with Gasteiger partial charge in [-0.3, -0.25) is 4.90 Å². The van der Waals surface area contributed by atoms with E-state index in [1.165, 1.54) is 50.8 Å². The number of thioether (sulfide) groups is 1. The molecular formula is C16H32N2S. The van der Waals surface area contributed by atoms with Crippen LogP contribution >= 0.6 is 11.8 Å². The summed E-state index contributed by atoms with van der Waals surface area (Å²) in [5, 5.41) is 0.755. The lowest BCUT2D eigenvalue weighted by molar-refractivity contribution is 0.0140. The second-order valence-corrected chi connectivity index (χ2v) is 8.16. The van der Waals surface area contributed by atoms with Gasteiger partial charge in [0.15, 0.2) is 0 Å². The van der Waals surface area contributed by atoms with Crippen molar-refractivity contribution in [1.29, 1.82) is 0 Å². The summed E-state index contributed by atoms with van der Waals surface area (Å²) in [5.41, 5.74) is 6.57. The number of hydrogen-bond acceptors (Lipinski definition) is 3. The molecule has 2 nitrogen and oxygen atoms in total. The van der Waals surface area contributed by atoms with Crippen molar-refractivity contribution in [1.82, 2.24) is 4.90 Å². The van der Waals surface area contributed by atoms with Crippen molar-refractivity contribution in [3.05, 3.63) is 0 Å². The fourth-order valence-corrected chi connectivity index (χ4v) is 5.22. The minimum Gasteiger partial charge on any atom is -0.329 e. The fourth-order valence-electron chi connectivity index (χ4n) is 4.12. The average Bonchev–Trinajstić information content (AvgIpc) is 2.44. The Balaban J connectivity index is 2.02. The van der Waals surface area contributed by atoms with Crippen LogP contribution in [-0.4, -0.2) is 40.6 Å². The summed E-state index contributed by atoms with van der Waals surface area (Å²) in [4.78, 5) is 2.77. The molecule has 0 radical (unpaired) electrons. The second kappa shape index (κ2) is 6.82. The molecular weight excluding hydrogens is 252 g/mol. The number of rotatable bonds is 4. The van der Waals surface area contributed by atoms with Gasteiger partial charge in [0, 0.05) is 35.7 Å². The van der Waals surface area contributed by atoms with Crippen LogP contribution in [0.4, 0.5) is 0 Å². The van der Waals surface area contributed by atoms with Crippen molar-refractivity contribution in [2.75, 3.05) is 18.8 Å². The third-order valence-electron chi connectivity index (χ3n) is 5.61. The van der Waals surface area contributed by atoms with Gasteiger partial charge in [0.25, 0.3) is 0 Å². The van der Waals surface area contributed by atoms with E-state index in [1.807, 2.05) is 0 Å². The van der Waals surface area contributed by atoms with Crippen LogP contribution in [0, 0.1) is 5.92 Å². The molecule has 1 heterocycles. The van der Waals surface area contributed by atoms with Gasteiger partial charge in [0.1, 0.15) is 0 Å². The highest BCUT2D eigenvalue weighted by Gasteiger charge is 2.43. The van der Waals surface area contributed by atoms with Crippen molar-refractivity contribution >= 4 is 11.8 Å². The molecule has 2 unspecified atom stereocenters. The van der Waals surface area contributed by atoms with E-state index in [4.69, 9.17) is 5.73 Å². The molecule has 19 heavy (non-hydrogen) atoms. The number of nitrogens with zero attached hydrogens (tertiary/aromatic N) is 1. The first-order valence-corrected chi connectivity index (χ1v) is 9.26. The molecule has 112 valence electrons. The van der Waals surface area contributed by atoms with E-state index < -0.39 is 0 Å². The summed E-state index contributed by atoms with van der Waals surface area (Å²) in [6.45, 7) is 9.20. The van der Waals surface area contributed by atoms with Crippen molar-refractivity contribution in [3.63, 3.8) is 0 Å². The molecule has 2 rings (SSSR count). The second-order valence-electron chi connectivity index (χ2n) is 6.67. The Bertz CT molecular complexity index is 274. The summed E-state index contributed by atoms with van der Waals surface area (Å²) < 4.78 is 0. The lowest BCUT2D eigenvalue weighted by Gasteiger charge is -2.53. The SMILES string of the molecule is CCCC1CCC(CN)(N2CCSC(C)C2C)CC1. The van der Waals surface area contributed by atoms with E-state index in [2.05, 4.69) is 37.4 Å². The molecule has 2 atom stereocenters. The summed E-state index contributed by atoms with van der Waals surface area (Å²) in [7, 11) is 0. The largest absolute Gasteiger partial charge is 0.329 e. The van der Waals surface area contributed by atoms with Gasteiger partial charge in [-0.2, -0.15) is 11.8 Å². The molecule has 3 heteroatoms. The molecule has 0 aromatic rings. The normalized spacial score (nSPS) is 41.4. The lowest BCUT2D eigenvalue weighted by Crippen LogP contribution is -2.62. The molecule has 0 bridgehead atoms. The standard InChI is InChI=1S/C16H32N2S/c1-4-5-15-6-8-16(12-17,9-7-15)18-10-11-19-14(3)13(18)2/h13-15H,4-12,17H2,1-3H3. The van der Waals surface area contributed by atoms with Gasteiger partial charge in [0.2, 0.25) is 0 Å². The quantitative estimate of drug-likeness (QED) is 0.857. The molecule has 0 aromatic carbocycles. The molecule has 0 spiro atoms. The third kappa shape index (κ3) is 3.30. The fraction of sp³-hybridized carbons (Fsp3) is 1.00. The van der Waals surface area contributed by atoms with Gasteiger partial charge >= 0.3 is 0 Å². The zero-order chi connectivity index (χ0) is 13.9. The summed E-state index contributed by atoms with van der Waals surface area (Å²) in [6.07, 6.45) is 8.22. The van der Waals surface area contributed by atoms with Crippen molar-refractivity contribution < 1.29 is 0 Å². The highest BCUT2D eigenvalue weighted by Crippen LogP contribution is 2.41. The van der Waals surface area contributed by atoms with Gasteiger partial charge in [-0.15, -0.1) is 0 Å². The van der Waals surface area contributed by atoms with E-state index in [9.17, 15) is 0 Å². The van der Waals surface area contributed by atoms with Crippen LogP contribution in [0.15, 0.2) is 0 Å². The molecule has 0 aromatic heterocycles. The molecule has 1 aliphatic carbocycles. The summed E-state index contributed by atoms with van der Waals surface area (Å²) in [6, 6.07) is 0.685. The number of hydrogen-bond donors (Lipinski definition) is 1. The average molecular weight is 285 g/mol. The van der Waals surface area contributed by atoms with E-state index in [0.717, 1.165) is 17.7 Å². The summed E-state index contributed by atoms with van der Waals surface area (Å²) in [5.74, 6) is 2.25. The van der Waals surface area contributed by atoms with Crippen LogP contribution < -0.4 is 5.73 Å². The Morgan fingerprint density at radius 1 is 1.26 bits per heavy atom. The third-order valence-corrected chi connectivity index (χ3v) is 6.94. The van der Waals surface area contributed by atoms with Crippen LogP contribution in [0.2, 0.25) is 0 Å². The molecule has 1 saturated heterocycles. The zero-order valence-corrected chi connectivity index (χ0v) is 13.8. The molecule has 1 aliphatic heterocycles. The Morgan fingerprint density at radius 2 is 1.95 bits per heavy atom. The van der Waals surface area contributed by atoms with Crippen LogP contribution in [0.5, 0.6) is 0 Å². The van der Waals surface area contributed by atoms with Crippen LogP contribution in [0.25, 0.3) is 0 Å². The van der Waals surface area contributed by atoms with Crippen molar-refractivity contribution in [2.45, 2.75) is 76.1 Å². The zero-order valence-electron chi connectivity index (χ0n) is 13.0. The number of nitrogens with two attached hydrogens (primary N) is 1. The van der Waals surface area contributed by atoms with Gasteiger partial charge < -0.3 is 5.73 Å². The van der Waals surface area contributed by atoms with Gasteiger partial charge in [-0.05, 0) is 38.5 Å². The predicted octanol–water partition coefficient (Wildman–Crippen LogP) is 3.50. The predicted molar refractivity (Wildman–Crippen MR) is 86.7 cm³/mol. The van der Waals surface area contributed by atoms with Crippen LogP contribution in [0.1, 0.15) is 59.3 Å². The first-order valence-electron chi connectivity index (χ1n) is 8.21. The molecule has 2 fully saturated rings. The lowest BCUT2D eigenvalue weighted by atomic mass is 9.73. The van der Waals surface area contributed by atoms with Gasteiger partial charge in [0.05, 0.1) is 0 Å². The Kier molecular flexibility index (Phi) is 5.62. The highest BCUT2D eigenvalue weighted by molar-refractivity contribution is 8.00. The summed E-state index contributed by atoms with van der Waals surface area (Å²) >= 11 is 2.13. The maximum atomic E-state index is 6.25. The minimum atomic E-state index is 0.318. The topological polar surface area (TPSA) is 29.3 Å². The van der Waals surface area contributed by atoms with Crippen LogP contribution in [0.3, 0.4) is 0 Å². The monoisotopic (exact) mass is 284 g/mol. The van der Waals surface area contributed by atoms with E-state index in [0.29, 0.717) is 11.6 Å². The van der Waals surface area contributed by atoms with E-state index in [-0.39, 0.29) is 0 Å². The van der Waals surface area contributed by atoms with Crippen molar-refractivity contribution in [3.8, 4) is 0 Å². The Morgan fingerprint density at radius 3 is 2.53 bits per heavy atom.